The van der Waals surface area contributed by atoms with Crippen LogP contribution in [0, 0.1) is 101 Å². The van der Waals surface area contributed by atoms with Crippen LogP contribution in [0.25, 0.3) is 14.2 Å². The SMILES string of the molecule is CCN.CS(=O)(=O)[N-]c1c(F)c(F)nc(C(F)(F)F)c1F.Cc1nc(F)c(F)c(F)c1F.O=S(=O)(Cc1c(F)c(F)nc(C(F)(F)F)c1F)C(F)(F)F.O=S(=O)([N-]c1c(F)c(F)nc(C(F)(F)F)c1F)C(F)(F)F.O=S(=O)([N-]c1c(F)c(F)nc(C(F)(F)F)c1F)C(F)(F)F.[H-].[H-].[K+].[Mg+2].[Mg+2]. The molecule has 0 saturated heterocycles. The molecule has 2 N–H and O–H groups in total. The standard InChI is InChI=1S/C8H2F9NO2S.2C7F9N2O2S.C7H3F6N2O2S.C6H3F4N.C2H7N.K.2Mg.2H/c9-3-2(1-21(19,20)8(15,16)17)4(10)6(11)18-5(3)7(12,13)14;2*8-1-3(18-21(19,20)7(14,15)16)2(9)5(10)17-4(1)6(11,12)13;1-18(16,17)15-4-2(8)5(7(11,12)13)14-6(10)3(4)9;1-2-3(7)4(8)5(9)6(10)11-2;1-2-3;;;;;/h1H2;;;1H3;1H3;2-3H2,1H3;;;;;/q;3*-1;;;+1;2*+2;2*-1. The molecule has 0 spiro atoms. The molecule has 0 bridgehead atoms. The molecule has 0 aliphatic heterocycles. The Kier molecular flexibility index (Phi) is 36.8. The maximum Gasteiger partial charge on any atom is 2.00 e. The van der Waals surface area contributed by atoms with Gasteiger partial charge in [-0.2, -0.15) is 119 Å². The van der Waals surface area contributed by atoms with Crippen LogP contribution in [0.4, 0.5) is 180 Å². The Morgan fingerprint density at radius 3 is 0.827 bits per heavy atom. The molecule has 546 valence electrons. The van der Waals surface area contributed by atoms with Gasteiger partial charge in [0.15, 0.2) is 77.7 Å². The molecule has 98 heavy (non-hydrogen) atoms. The fourth-order valence-electron chi connectivity index (χ4n) is 4.56. The molecule has 5 aromatic rings. The average molecular weight is 1630 g/mol. The Morgan fingerprint density at radius 1 is 0.357 bits per heavy atom. The van der Waals surface area contributed by atoms with Crippen molar-refractivity contribution in [3.8, 4) is 0 Å². The van der Waals surface area contributed by atoms with Crippen molar-refractivity contribution in [2.75, 3.05) is 12.8 Å². The molecule has 0 saturated carbocycles. The minimum Gasteiger partial charge on any atom is -1.00 e. The van der Waals surface area contributed by atoms with Crippen LogP contribution in [0.5, 0.6) is 0 Å². The van der Waals surface area contributed by atoms with Crippen LogP contribution < -0.4 is 57.1 Å². The molecule has 5 rings (SSSR count). The van der Waals surface area contributed by atoms with Crippen molar-refractivity contribution in [2.45, 2.75) is 60.8 Å². The van der Waals surface area contributed by atoms with Crippen molar-refractivity contribution in [1.82, 2.24) is 24.9 Å². The molecule has 17 nitrogen and oxygen atoms in total. The summed E-state index contributed by atoms with van der Waals surface area (Å²) in [6.07, 6.45) is -22.1. The number of alkyl halides is 21. The third-order valence-corrected chi connectivity index (χ3v) is 12.3. The monoisotopic (exact) mass is 1630 g/mol. The predicted molar refractivity (Wildman–Crippen MR) is 246 cm³/mol. The molecule has 0 aromatic carbocycles. The van der Waals surface area contributed by atoms with Gasteiger partial charge in [0.2, 0.25) is 35.4 Å². The molecule has 0 fully saturated rings. The van der Waals surface area contributed by atoms with E-state index in [0.717, 1.165) is 13.5 Å². The number of rotatable bonds is 8. The zero-order valence-corrected chi connectivity index (χ0v) is 55.1. The van der Waals surface area contributed by atoms with Crippen LogP contribution in [-0.2, 0) is 70.4 Å². The summed E-state index contributed by atoms with van der Waals surface area (Å²) >= 11 is 0. The zero-order valence-electron chi connectivity index (χ0n) is 47.9. The molecular weight excluding hydrogens is 1620 g/mol. The summed E-state index contributed by atoms with van der Waals surface area (Å²) in [5, 5.41) is 0. The number of sulfone groups is 1. The van der Waals surface area contributed by atoms with Gasteiger partial charge in [0.05, 0.1) is 21.5 Å². The van der Waals surface area contributed by atoms with Crippen LogP contribution in [0.2, 0.25) is 0 Å². The zero-order chi connectivity index (χ0) is 76.0. The number of nitrogens with zero attached hydrogens (tertiary/aromatic N) is 8. The van der Waals surface area contributed by atoms with Crippen molar-refractivity contribution in [3.05, 3.63) is 142 Å². The number of pyridine rings is 5. The second kappa shape index (κ2) is 36.1. The second-order valence-electron chi connectivity index (χ2n) is 15.4. The predicted octanol–water partition coefficient (Wildman–Crippen LogP) is 10.6. The minimum atomic E-state index is -6.59. The Balaban J connectivity index is -0.000000273. The first-order chi connectivity index (χ1) is 41.9. The maximum atomic E-state index is 13.3. The molecule has 0 aliphatic carbocycles. The summed E-state index contributed by atoms with van der Waals surface area (Å²) in [7, 11) is -23.8. The number of nitrogens with two attached hydrogens (primary N) is 1. The van der Waals surface area contributed by atoms with Crippen molar-refractivity contribution in [2.24, 2.45) is 5.73 Å². The van der Waals surface area contributed by atoms with E-state index in [9.17, 15) is 196 Å². The van der Waals surface area contributed by atoms with Crippen LogP contribution >= 0.6 is 0 Å². The van der Waals surface area contributed by atoms with E-state index < -0.39 is 232 Å². The average Bonchev–Trinajstić information content (AvgIpc) is 0.793. The number of hydrogen-bond donors (Lipinski definition) is 1. The number of hydrogen-bond acceptors (Lipinski definition) is 14. The Hall–Kier alpha value is -4.51. The molecule has 61 heteroatoms. The Labute approximate surface area is 595 Å². The van der Waals surface area contributed by atoms with E-state index in [1.54, 1.807) is 0 Å². The van der Waals surface area contributed by atoms with E-state index in [1.807, 2.05) is 26.9 Å². The third-order valence-electron chi connectivity index (χ3n) is 8.35. The first kappa shape index (κ1) is 99.9. The van der Waals surface area contributed by atoms with Gasteiger partial charge in [-0.15, -0.1) is 0 Å². The van der Waals surface area contributed by atoms with Crippen molar-refractivity contribution in [1.29, 1.82) is 0 Å². The van der Waals surface area contributed by atoms with Gasteiger partial charge in [-0.05, 0) is 30.5 Å². The maximum absolute atomic E-state index is 13.3. The number of aromatic nitrogens is 5. The van der Waals surface area contributed by atoms with Crippen molar-refractivity contribution >= 4 is 103 Å². The topological polar surface area (TPSA) is 269 Å². The minimum absolute atomic E-state index is 0. The van der Waals surface area contributed by atoms with Gasteiger partial charge in [0.25, 0.3) is 15.8 Å². The molecule has 0 atom stereocenters. The van der Waals surface area contributed by atoms with Gasteiger partial charge in [-0.25, -0.2) is 102 Å². The fraction of sp³-hybridized carbons (Fsp3) is 0.324. The Morgan fingerprint density at radius 2 is 0.592 bits per heavy atom. The normalized spacial score (nSPS) is 12.3. The summed E-state index contributed by atoms with van der Waals surface area (Å²) in [5.41, 5.74) is -33.8. The van der Waals surface area contributed by atoms with E-state index in [-0.39, 0.29) is 100 Å². The first-order valence-electron chi connectivity index (χ1n) is 21.1. The van der Waals surface area contributed by atoms with E-state index in [4.69, 9.17) is 5.73 Å². The quantitative estimate of drug-likeness (QED) is 0.0860. The number of sulfonamides is 3. The van der Waals surface area contributed by atoms with Crippen LogP contribution in [0.15, 0.2) is 0 Å². The fourth-order valence-corrected chi connectivity index (χ4v) is 6.86. The van der Waals surface area contributed by atoms with E-state index in [2.05, 4.69) is 9.71 Å². The van der Waals surface area contributed by atoms with Crippen LogP contribution in [0.1, 0.15) is 43.8 Å². The smallest absolute Gasteiger partial charge is 1.00 e. The largest absolute Gasteiger partial charge is 2.00 e. The summed E-state index contributed by atoms with van der Waals surface area (Å²) in [5.74, 6) is -40.6. The molecule has 0 aliphatic rings. The van der Waals surface area contributed by atoms with Gasteiger partial charge >= 0.3 is 139 Å². The Bertz CT molecular complexity index is 3820. The van der Waals surface area contributed by atoms with E-state index in [1.165, 1.54) is 9.44 Å². The van der Waals surface area contributed by atoms with Crippen molar-refractivity contribution in [3.63, 3.8) is 0 Å². The van der Waals surface area contributed by atoms with Crippen LogP contribution in [0.3, 0.4) is 0 Å². The van der Waals surface area contributed by atoms with Crippen molar-refractivity contribution < 1.29 is 250 Å². The molecule has 5 aromatic heterocycles. The van der Waals surface area contributed by atoms with Gasteiger partial charge in [0, 0.05) is 11.8 Å². The summed E-state index contributed by atoms with van der Waals surface area (Å²) in [6, 6.07) is 0. The van der Waals surface area contributed by atoms with Gasteiger partial charge in [-0.1, -0.05) is 6.92 Å². The summed E-state index contributed by atoms with van der Waals surface area (Å²) in [6.45, 7) is 3.70. The van der Waals surface area contributed by atoms with Gasteiger partial charge in [0.1, 0.15) is 17.5 Å². The number of halogens is 37. The molecule has 0 amide bonds. The van der Waals surface area contributed by atoms with Gasteiger partial charge < -0.3 is 22.8 Å². The summed E-state index contributed by atoms with van der Waals surface area (Å²) in [4.78, 5) is 10.3. The third kappa shape index (κ3) is 27.0. The van der Waals surface area contributed by atoms with E-state index in [0.29, 0.717) is 6.26 Å². The first-order valence-corrected chi connectivity index (χ1v) is 27.4. The number of aryl methyl sites for hydroxylation is 1. The molecular formula is C37H17F37KMg2N9O8S4. The molecule has 5 heterocycles. The van der Waals surface area contributed by atoms with E-state index >= 15 is 0 Å². The summed E-state index contributed by atoms with van der Waals surface area (Å²) < 4.78 is 549. The van der Waals surface area contributed by atoms with Gasteiger partial charge in [-0.3, -0.25) is 0 Å². The molecule has 0 unspecified atom stereocenters. The second-order valence-corrected chi connectivity index (χ2v) is 22.2. The molecule has 0 radical (unpaired) electrons. The van der Waals surface area contributed by atoms with Crippen LogP contribution in [-0.4, -0.2) is 134 Å².